The third-order valence-electron chi connectivity index (χ3n) is 3.26. The summed E-state index contributed by atoms with van der Waals surface area (Å²) in [5.41, 5.74) is 2.02. The fraction of sp³-hybridized carbons (Fsp3) is 0.188. The standard InChI is InChI=1S/C16H14O2/c17-11-12-6-8-14(9-7-12)18-16-10-15(16)13-4-2-1-3-5-13/h1-9,11,15-16H,10H2/t15-,16+/m1/s1. The van der Waals surface area contributed by atoms with Gasteiger partial charge >= 0.3 is 0 Å². The predicted octanol–water partition coefficient (Wildman–Crippen LogP) is 3.43. The molecule has 0 radical (unpaired) electrons. The minimum Gasteiger partial charge on any atom is -0.490 e. The molecule has 90 valence electrons. The van der Waals surface area contributed by atoms with Crippen LogP contribution in [0.2, 0.25) is 0 Å². The molecule has 2 aromatic rings. The van der Waals surface area contributed by atoms with Gasteiger partial charge in [0.05, 0.1) is 0 Å². The molecular formula is C16H14O2. The second kappa shape index (κ2) is 4.65. The summed E-state index contributed by atoms with van der Waals surface area (Å²) in [4.78, 5) is 10.5. The SMILES string of the molecule is O=Cc1ccc(O[C@H]2C[C@@H]2c2ccccc2)cc1. The largest absolute Gasteiger partial charge is 0.490 e. The van der Waals surface area contributed by atoms with E-state index in [-0.39, 0.29) is 6.10 Å². The van der Waals surface area contributed by atoms with Gasteiger partial charge in [-0.15, -0.1) is 0 Å². The fourth-order valence-corrected chi connectivity index (χ4v) is 2.15. The van der Waals surface area contributed by atoms with Gasteiger partial charge in [-0.3, -0.25) is 4.79 Å². The highest BCUT2D eigenvalue weighted by molar-refractivity contribution is 5.74. The molecule has 0 aliphatic heterocycles. The lowest BCUT2D eigenvalue weighted by atomic mass is 10.1. The van der Waals surface area contributed by atoms with Crippen molar-refractivity contribution >= 4 is 6.29 Å². The van der Waals surface area contributed by atoms with Gasteiger partial charge in [-0.25, -0.2) is 0 Å². The Kier molecular flexibility index (Phi) is 2.85. The number of benzene rings is 2. The molecule has 2 nitrogen and oxygen atoms in total. The van der Waals surface area contributed by atoms with Crippen molar-refractivity contribution in [3.05, 3.63) is 65.7 Å². The van der Waals surface area contributed by atoms with Gasteiger partial charge in [0, 0.05) is 11.5 Å². The molecule has 0 amide bonds. The normalized spacial score (nSPS) is 21.3. The highest BCUT2D eigenvalue weighted by Gasteiger charge is 2.40. The summed E-state index contributed by atoms with van der Waals surface area (Å²) in [6.45, 7) is 0. The Morgan fingerprint density at radius 2 is 1.72 bits per heavy atom. The maximum Gasteiger partial charge on any atom is 0.150 e. The fourth-order valence-electron chi connectivity index (χ4n) is 2.15. The van der Waals surface area contributed by atoms with Crippen LogP contribution in [0.1, 0.15) is 28.3 Å². The first-order valence-corrected chi connectivity index (χ1v) is 6.13. The summed E-state index contributed by atoms with van der Waals surface area (Å²) >= 11 is 0. The van der Waals surface area contributed by atoms with Crippen molar-refractivity contribution in [3.8, 4) is 5.75 Å². The molecule has 18 heavy (non-hydrogen) atoms. The van der Waals surface area contributed by atoms with Crippen molar-refractivity contribution < 1.29 is 9.53 Å². The summed E-state index contributed by atoms with van der Waals surface area (Å²) in [6.07, 6.45) is 2.18. The van der Waals surface area contributed by atoms with E-state index in [9.17, 15) is 4.79 Å². The van der Waals surface area contributed by atoms with Crippen molar-refractivity contribution in [2.75, 3.05) is 0 Å². The van der Waals surface area contributed by atoms with Gasteiger partial charge in [-0.2, -0.15) is 0 Å². The molecule has 1 fully saturated rings. The zero-order valence-electron chi connectivity index (χ0n) is 9.95. The van der Waals surface area contributed by atoms with Crippen LogP contribution >= 0.6 is 0 Å². The molecule has 0 N–H and O–H groups in total. The first kappa shape index (κ1) is 11.0. The molecule has 3 rings (SSSR count). The number of hydrogen-bond acceptors (Lipinski definition) is 2. The molecular weight excluding hydrogens is 224 g/mol. The van der Waals surface area contributed by atoms with Crippen LogP contribution in [0, 0.1) is 0 Å². The Balaban J connectivity index is 1.63. The first-order valence-electron chi connectivity index (χ1n) is 6.13. The molecule has 1 saturated carbocycles. The van der Waals surface area contributed by atoms with Crippen molar-refractivity contribution in [2.24, 2.45) is 0 Å². The summed E-state index contributed by atoms with van der Waals surface area (Å²) < 4.78 is 5.88. The maximum absolute atomic E-state index is 10.5. The quantitative estimate of drug-likeness (QED) is 0.763. The first-order chi connectivity index (χ1) is 8.86. The zero-order chi connectivity index (χ0) is 12.4. The second-order valence-corrected chi connectivity index (χ2v) is 4.60. The highest BCUT2D eigenvalue weighted by Crippen LogP contribution is 2.43. The molecule has 2 heteroatoms. The van der Waals surface area contributed by atoms with E-state index in [1.807, 2.05) is 18.2 Å². The third-order valence-corrected chi connectivity index (χ3v) is 3.26. The van der Waals surface area contributed by atoms with Crippen molar-refractivity contribution in [2.45, 2.75) is 18.4 Å². The molecule has 1 aliphatic carbocycles. The van der Waals surface area contributed by atoms with Gasteiger partial charge in [-0.05, 0) is 36.2 Å². The predicted molar refractivity (Wildman–Crippen MR) is 70.0 cm³/mol. The Labute approximate surface area is 106 Å². The van der Waals surface area contributed by atoms with Crippen molar-refractivity contribution in [1.29, 1.82) is 0 Å². The van der Waals surface area contributed by atoms with Gasteiger partial charge in [0.2, 0.25) is 0 Å². The number of ether oxygens (including phenoxy) is 1. The molecule has 0 aromatic heterocycles. The molecule has 0 bridgehead atoms. The van der Waals surface area contributed by atoms with E-state index < -0.39 is 0 Å². The maximum atomic E-state index is 10.5. The molecule has 2 atom stereocenters. The van der Waals surface area contributed by atoms with Gasteiger partial charge in [-0.1, -0.05) is 30.3 Å². The lowest BCUT2D eigenvalue weighted by Crippen LogP contribution is -1.99. The minimum atomic E-state index is 0.273. The Morgan fingerprint density at radius 1 is 1.00 bits per heavy atom. The van der Waals surface area contributed by atoms with Crippen molar-refractivity contribution in [1.82, 2.24) is 0 Å². The Bertz CT molecular complexity index is 531. The number of hydrogen-bond donors (Lipinski definition) is 0. The second-order valence-electron chi connectivity index (χ2n) is 4.60. The molecule has 0 unspecified atom stereocenters. The zero-order valence-corrected chi connectivity index (χ0v) is 9.95. The van der Waals surface area contributed by atoms with Gasteiger partial charge in [0.25, 0.3) is 0 Å². The van der Waals surface area contributed by atoms with Crippen molar-refractivity contribution in [3.63, 3.8) is 0 Å². The summed E-state index contributed by atoms with van der Waals surface area (Å²) in [5.74, 6) is 1.35. The number of carbonyl (C=O) groups excluding carboxylic acids is 1. The summed E-state index contributed by atoms with van der Waals surface area (Å²) in [6, 6.07) is 17.7. The van der Waals surface area contributed by atoms with E-state index >= 15 is 0 Å². The third kappa shape index (κ3) is 2.28. The van der Waals surface area contributed by atoms with Crippen LogP contribution in [0.5, 0.6) is 5.75 Å². The summed E-state index contributed by atoms with van der Waals surface area (Å²) in [7, 11) is 0. The molecule has 0 spiro atoms. The molecule has 0 heterocycles. The van der Waals surface area contributed by atoms with Gasteiger partial charge in [0.15, 0.2) is 0 Å². The van der Waals surface area contributed by atoms with Crippen LogP contribution in [-0.2, 0) is 0 Å². The topological polar surface area (TPSA) is 26.3 Å². The van der Waals surface area contributed by atoms with E-state index in [0.29, 0.717) is 11.5 Å². The van der Waals surface area contributed by atoms with Gasteiger partial charge in [0.1, 0.15) is 18.1 Å². The van der Waals surface area contributed by atoms with Crippen LogP contribution in [0.15, 0.2) is 54.6 Å². The Morgan fingerprint density at radius 3 is 2.39 bits per heavy atom. The number of carbonyl (C=O) groups is 1. The van der Waals surface area contributed by atoms with Crippen LogP contribution < -0.4 is 4.74 Å². The molecule has 1 aliphatic rings. The Hall–Kier alpha value is -2.09. The monoisotopic (exact) mass is 238 g/mol. The average Bonchev–Trinajstić information content (AvgIpc) is 3.20. The molecule has 2 aromatic carbocycles. The van der Waals surface area contributed by atoms with E-state index in [1.165, 1.54) is 5.56 Å². The van der Waals surface area contributed by atoms with Crippen LogP contribution in [0.3, 0.4) is 0 Å². The van der Waals surface area contributed by atoms with E-state index in [0.717, 1.165) is 18.5 Å². The number of rotatable bonds is 4. The lowest BCUT2D eigenvalue weighted by Gasteiger charge is -2.05. The smallest absolute Gasteiger partial charge is 0.150 e. The van der Waals surface area contributed by atoms with Gasteiger partial charge < -0.3 is 4.74 Å². The summed E-state index contributed by atoms with van der Waals surface area (Å²) in [5, 5.41) is 0. The van der Waals surface area contributed by atoms with E-state index in [4.69, 9.17) is 4.74 Å². The number of aldehydes is 1. The average molecular weight is 238 g/mol. The van der Waals surface area contributed by atoms with E-state index in [2.05, 4.69) is 24.3 Å². The lowest BCUT2D eigenvalue weighted by molar-refractivity contribution is 0.112. The van der Waals surface area contributed by atoms with Crippen LogP contribution in [0.4, 0.5) is 0 Å². The van der Waals surface area contributed by atoms with E-state index in [1.54, 1.807) is 12.1 Å². The van der Waals surface area contributed by atoms with Crippen LogP contribution in [-0.4, -0.2) is 12.4 Å². The highest BCUT2D eigenvalue weighted by atomic mass is 16.5. The molecule has 0 saturated heterocycles. The minimum absolute atomic E-state index is 0.273. The van der Waals surface area contributed by atoms with Crippen LogP contribution in [0.25, 0.3) is 0 Å².